The number of allylic oxidation sites excluding steroid dienone is 6. The fraction of sp³-hybridized carbons (Fsp3) is 0.520. The van der Waals surface area contributed by atoms with E-state index in [4.69, 9.17) is 5.26 Å². The van der Waals surface area contributed by atoms with Crippen molar-refractivity contribution in [2.24, 2.45) is 0 Å². The fourth-order valence-electron chi connectivity index (χ4n) is 3.09. The summed E-state index contributed by atoms with van der Waals surface area (Å²) in [6.07, 6.45) is 25.5. The Hall–Kier alpha value is -1.84. The lowest BCUT2D eigenvalue weighted by molar-refractivity contribution is -0.283. The highest BCUT2D eigenvalue weighted by atomic mass is 17.1. The first-order valence-electron chi connectivity index (χ1n) is 10.8. The van der Waals surface area contributed by atoms with Crippen LogP contribution in [0.2, 0.25) is 0 Å². The monoisotopic (exact) mass is 386 g/mol. The van der Waals surface area contributed by atoms with Gasteiger partial charge in [0.2, 0.25) is 0 Å². The molecule has 28 heavy (non-hydrogen) atoms. The van der Waals surface area contributed by atoms with Gasteiger partial charge in [0, 0.05) is 0 Å². The van der Waals surface area contributed by atoms with Crippen molar-refractivity contribution in [1.82, 2.24) is 0 Å². The Morgan fingerprint density at radius 3 is 2.00 bits per heavy atom. The summed E-state index contributed by atoms with van der Waals surface area (Å²) in [6, 6.07) is 6.83. The van der Waals surface area contributed by atoms with Gasteiger partial charge in [-0.15, -0.1) is 0 Å². The molecule has 0 saturated carbocycles. The Balaban J connectivity index is 1.96. The fourth-order valence-corrected chi connectivity index (χ4v) is 3.09. The molecule has 0 aliphatic carbocycles. The average molecular weight is 387 g/mol. The van der Waals surface area contributed by atoms with E-state index >= 15 is 0 Å². The van der Waals surface area contributed by atoms with E-state index in [0.717, 1.165) is 44.1 Å². The molecular weight excluding hydrogens is 348 g/mol. The summed E-state index contributed by atoms with van der Waals surface area (Å²) in [5.41, 5.74) is 0.902. The van der Waals surface area contributed by atoms with Gasteiger partial charge in [-0.3, -0.25) is 5.26 Å². The van der Waals surface area contributed by atoms with E-state index in [9.17, 15) is 5.11 Å². The standard InChI is InChI=1S/C25H38O3/c1-2-3-4-5-6-7-8-9-10-11-12-13-14-15-16-17-18-25(28-27)23-19-21-24(26)22-20-23/h3-4,6-7,9-10,19-22,25-27H,2,5,8,11-18H2,1H3/b4-3-,7-6-,10-9-. The number of aromatic hydroxyl groups is 1. The minimum atomic E-state index is -0.303. The quantitative estimate of drug-likeness (QED) is 0.131. The van der Waals surface area contributed by atoms with Crippen molar-refractivity contribution in [3.05, 3.63) is 66.3 Å². The maximum Gasteiger partial charge on any atom is 0.118 e. The van der Waals surface area contributed by atoms with E-state index < -0.39 is 0 Å². The lowest BCUT2D eigenvalue weighted by Gasteiger charge is -2.13. The minimum Gasteiger partial charge on any atom is -0.508 e. The van der Waals surface area contributed by atoms with Gasteiger partial charge in [-0.2, -0.15) is 0 Å². The highest BCUT2D eigenvalue weighted by Crippen LogP contribution is 2.25. The van der Waals surface area contributed by atoms with Crippen molar-refractivity contribution < 1.29 is 15.3 Å². The van der Waals surface area contributed by atoms with E-state index in [1.54, 1.807) is 24.3 Å². The molecule has 1 aromatic carbocycles. The van der Waals surface area contributed by atoms with Crippen molar-refractivity contribution in [1.29, 1.82) is 0 Å². The van der Waals surface area contributed by atoms with E-state index in [2.05, 4.69) is 48.3 Å². The Kier molecular flexibility index (Phi) is 14.9. The first-order valence-corrected chi connectivity index (χ1v) is 10.8. The van der Waals surface area contributed by atoms with Gasteiger partial charge in [-0.25, -0.2) is 4.89 Å². The molecule has 1 atom stereocenters. The lowest BCUT2D eigenvalue weighted by atomic mass is 10.0. The van der Waals surface area contributed by atoms with Crippen molar-refractivity contribution in [3.8, 4) is 5.75 Å². The molecule has 0 bridgehead atoms. The van der Waals surface area contributed by atoms with E-state index in [1.165, 1.54) is 32.1 Å². The number of phenolic OH excluding ortho intramolecular Hbond substituents is 1. The summed E-state index contributed by atoms with van der Waals surface area (Å²) in [5, 5.41) is 18.4. The number of phenols is 1. The molecule has 0 spiro atoms. The second-order valence-electron chi connectivity index (χ2n) is 7.18. The topological polar surface area (TPSA) is 49.7 Å². The number of benzene rings is 1. The highest BCUT2D eigenvalue weighted by Gasteiger charge is 2.11. The van der Waals surface area contributed by atoms with Crippen LogP contribution in [0.3, 0.4) is 0 Å². The van der Waals surface area contributed by atoms with Crippen LogP contribution in [-0.2, 0) is 4.89 Å². The molecule has 0 aliphatic rings. The van der Waals surface area contributed by atoms with Crippen LogP contribution in [-0.4, -0.2) is 10.4 Å². The van der Waals surface area contributed by atoms with Crippen LogP contribution in [0.1, 0.15) is 89.2 Å². The van der Waals surface area contributed by atoms with Crippen molar-refractivity contribution in [3.63, 3.8) is 0 Å². The van der Waals surface area contributed by atoms with Crippen LogP contribution >= 0.6 is 0 Å². The zero-order valence-corrected chi connectivity index (χ0v) is 17.4. The van der Waals surface area contributed by atoms with E-state index in [-0.39, 0.29) is 11.9 Å². The first-order chi connectivity index (χ1) is 13.8. The normalized spacial score (nSPS) is 13.2. The Bertz CT molecular complexity index is 558. The summed E-state index contributed by atoms with van der Waals surface area (Å²) < 4.78 is 0. The molecule has 0 saturated heterocycles. The van der Waals surface area contributed by atoms with Gasteiger partial charge in [0.1, 0.15) is 11.9 Å². The number of unbranched alkanes of at least 4 members (excludes halogenated alkanes) is 6. The smallest absolute Gasteiger partial charge is 0.118 e. The summed E-state index contributed by atoms with van der Waals surface area (Å²) in [6.45, 7) is 2.16. The average Bonchev–Trinajstić information content (AvgIpc) is 2.71. The second-order valence-corrected chi connectivity index (χ2v) is 7.18. The van der Waals surface area contributed by atoms with Gasteiger partial charge >= 0.3 is 0 Å². The molecule has 0 aromatic heterocycles. The molecule has 0 aliphatic heterocycles. The zero-order chi connectivity index (χ0) is 20.3. The van der Waals surface area contributed by atoms with Crippen LogP contribution in [0.25, 0.3) is 0 Å². The molecule has 0 amide bonds. The van der Waals surface area contributed by atoms with Gasteiger partial charge in [-0.05, 0) is 56.2 Å². The molecule has 0 heterocycles. The van der Waals surface area contributed by atoms with E-state index in [1.807, 2.05) is 0 Å². The van der Waals surface area contributed by atoms with Gasteiger partial charge in [0.25, 0.3) is 0 Å². The molecule has 3 nitrogen and oxygen atoms in total. The summed E-state index contributed by atoms with van der Waals surface area (Å²) in [5.74, 6) is 0.228. The SMILES string of the molecule is CC/C=C\C/C=C\C/C=C\CCCCCCCCC(OO)c1ccc(O)cc1. The summed E-state index contributed by atoms with van der Waals surface area (Å²) in [4.78, 5) is 4.60. The molecule has 0 fully saturated rings. The molecule has 0 radical (unpaired) electrons. The van der Waals surface area contributed by atoms with E-state index in [0.29, 0.717) is 0 Å². The van der Waals surface area contributed by atoms with Gasteiger partial charge in [0.15, 0.2) is 0 Å². The van der Waals surface area contributed by atoms with Crippen molar-refractivity contribution in [2.45, 2.75) is 83.7 Å². The summed E-state index contributed by atoms with van der Waals surface area (Å²) in [7, 11) is 0. The molecule has 156 valence electrons. The number of rotatable bonds is 16. The number of hydrogen-bond acceptors (Lipinski definition) is 3. The predicted molar refractivity (Wildman–Crippen MR) is 118 cm³/mol. The third-order valence-corrected chi connectivity index (χ3v) is 4.76. The van der Waals surface area contributed by atoms with Crippen LogP contribution in [0.4, 0.5) is 0 Å². The molecule has 1 aromatic rings. The third-order valence-electron chi connectivity index (χ3n) is 4.76. The Labute approximate surface area is 171 Å². The maximum atomic E-state index is 9.32. The molecule has 3 heteroatoms. The van der Waals surface area contributed by atoms with Gasteiger partial charge < -0.3 is 5.11 Å². The third kappa shape index (κ3) is 12.5. The van der Waals surface area contributed by atoms with Gasteiger partial charge in [0.05, 0.1) is 0 Å². The molecule has 2 N–H and O–H groups in total. The predicted octanol–water partition coefficient (Wildman–Crippen LogP) is 7.90. The minimum absolute atomic E-state index is 0.228. The van der Waals surface area contributed by atoms with Crippen molar-refractivity contribution in [2.75, 3.05) is 0 Å². The maximum absolute atomic E-state index is 9.32. The first kappa shape index (κ1) is 24.2. The van der Waals surface area contributed by atoms with Crippen molar-refractivity contribution >= 4 is 0 Å². The highest BCUT2D eigenvalue weighted by molar-refractivity contribution is 5.27. The Morgan fingerprint density at radius 1 is 0.786 bits per heavy atom. The summed E-state index contributed by atoms with van der Waals surface area (Å²) >= 11 is 0. The van der Waals surface area contributed by atoms with Crippen LogP contribution in [0.5, 0.6) is 5.75 Å². The zero-order valence-electron chi connectivity index (χ0n) is 17.4. The Morgan fingerprint density at radius 2 is 1.36 bits per heavy atom. The van der Waals surface area contributed by atoms with Crippen LogP contribution in [0, 0.1) is 0 Å². The molecule has 1 rings (SSSR count). The van der Waals surface area contributed by atoms with Crippen LogP contribution < -0.4 is 0 Å². The van der Waals surface area contributed by atoms with Gasteiger partial charge in [-0.1, -0.05) is 87.6 Å². The molecule has 1 unspecified atom stereocenters. The molecular formula is C25H38O3. The van der Waals surface area contributed by atoms with Crippen LogP contribution in [0.15, 0.2) is 60.7 Å². The lowest BCUT2D eigenvalue weighted by Crippen LogP contribution is -2.01. The number of hydrogen-bond donors (Lipinski definition) is 2. The largest absolute Gasteiger partial charge is 0.508 e. The second kappa shape index (κ2) is 17.3.